The molecule has 0 bridgehead atoms. The van der Waals surface area contributed by atoms with Crippen molar-refractivity contribution < 1.29 is 4.74 Å². The van der Waals surface area contributed by atoms with Crippen molar-refractivity contribution in [1.29, 1.82) is 0 Å². The van der Waals surface area contributed by atoms with Crippen LogP contribution in [0.15, 0.2) is 24.3 Å². The summed E-state index contributed by atoms with van der Waals surface area (Å²) in [5, 5.41) is 3.55. The Morgan fingerprint density at radius 3 is 1.95 bits per heavy atom. The monoisotopic (exact) mass is 305 g/mol. The zero-order valence-electron chi connectivity index (χ0n) is 14.7. The smallest absolute Gasteiger partial charge is 0.118 e. The number of benzene rings is 1. The normalized spacial score (nSPS) is 10.8. The second-order valence-electron chi connectivity index (χ2n) is 6.18. The molecule has 0 fully saturated rings. The highest BCUT2D eigenvalue weighted by Crippen LogP contribution is 2.11. The maximum Gasteiger partial charge on any atom is 0.118 e. The number of rotatable bonds is 14. The van der Waals surface area contributed by atoms with Gasteiger partial charge < -0.3 is 10.1 Å². The van der Waals surface area contributed by atoms with Crippen LogP contribution in [0.5, 0.6) is 5.75 Å². The Hall–Kier alpha value is -1.02. The van der Waals surface area contributed by atoms with E-state index in [1.54, 1.807) is 7.11 Å². The lowest BCUT2D eigenvalue weighted by Crippen LogP contribution is -2.18. The van der Waals surface area contributed by atoms with Crippen LogP contribution in [0, 0.1) is 0 Å². The van der Waals surface area contributed by atoms with E-state index in [1.807, 2.05) is 12.1 Å². The molecule has 0 amide bonds. The van der Waals surface area contributed by atoms with Crippen LogP contribution in [0.25, 0.3) is 0 Å². The standard InChI is InChI=1S/C20H35NO/c1-3-4-5-6-7-8-9-10-11-17-21-18-16-19-12-14-20(22-2)15-13-19/h12-15,21H,3-11,16-18H2,1-2H3. The predicted octanol–water partition coefficient (Wildman–Crippen LogP) is 5.36. The third-order valence-electron chi connectivity index (χ3n) is 4.21. The molecular formula is C20H35NO. The molecule has 0 saturated carbocycles. The highest BCUT2D eigenvalue weighted by molar-refractivity contribution is 5.27. The number of ether oxygens (including phenoxy) is 1. The number of methoxy groups -OCH3 is 1. The van der Waals surface area contributed by atoms with Crippen molar-refractivity contribution in [2.24, 2.45) is 0 Å². The van der Waals surface area contributed by atoms with Crippen LogP contribution in [0.1, 0.15) is 70.3 Å². The topological polar surface area (TPSA) is 21.3 Å². The summed E-state index contributed by atoms with van der Waals surface area (Å²) in [6, 6.07) is 8.38. The molecular weight excluding hydrogens is 270 g/mol. The summed E-state index contributed by atoms with van der Waals surface area (Å²) >= 11 is 0. The van der Waals surface area contributed by atoms with E-state index in [0.29, 0.717) is 0 Å². The van der Waals surface area contributed by atoms with Crippen molar-refractivity contribution in [2.75, 3.05) is 20.2 Å². The lowest BCUT2D eigenvalue weighted by atomic mass is 10.1. The first-order valence-electron chi connectivity index (χ1n) is 9.20. The number of unbranched alkanes of at least 4 members (excludes halogenated alkanes) is 8. The van der Waals surface area contributed by atoms with Gasteiger partial charge in [-0.25, -0.2) is 0 Å². The molecule has 1 rings (SSSR count). The molecule has 0 aromatic heterocycles. The molecule has 0 heterocycles. The molecule has 1 N–H and O–H groups in total. The van der Waals surface area contributed by atoms with Crippen molar-refractivity contribution in [3.05, 3.63) is 29.8 Å². The summed E-state index contributed by atoms with van der Waals surface area (Å²) in [5.74, 6) is 0.936. The van der Waals surface area contributed by atoms with E-state index in [4.69, 9.17) is 4.74 Å². The van der Waals surface area contributed by atoms with Gasteiger partial charge in [0.2, 0.25) is 0 Å². The van der Waals surface area contributed by atoms with Gasteiger partial charge in [-0.3, -0.25) is 0 Å². The van der Waals surface area contributed by atoms with Gasteiger partial charge in [0.15, 0.2) is 0 Å². The molecule has 0 radical (unpaired) electrons. The van der Waals surface area contributed by atoms with E-state index in [0.717, 1.165) is 25.3 Å². The van der Waals surface area contributed by atoms with Gasteiger partial charge in [0.25, 0.3) is 0 Å². The fourth-order valence-corrected chi connectivity index (χ4v) is 2.71. The molecule has 1 aromatic rings. The highest BCUT2D eigenvalue weighted by Gasteiger charge is 1.95. The third kappa shape index (κ3) is 9.83. The fraction of sp³-hybridized carbons (Fsp3) is 0.700. The zero-order chi connectivity index (χ0) is 15.9. The second-order valence-corrected chi connectivity index (χ2v) is 6.18. The van der Waals surface area contributed by atoms with Crippen molar-refractivity contribution in [1.82, 2.24) is 5.32 Å². The molecule has 0 aliphatic rings. The first-order chi connectivity index (χ1) is 10.9. The SMILES string of the molecule is CCCCCCCCCCCNCCc1ccc(OC)cc1. The van der Waals surface area contributed by atoms with Crippen LogP contribution in [-0.4, -0.2) is 20.2 Å². The molecule has 0 atom stereocenters. The zero-order valence-corrected chi connectivity index (χ0v) is 14.7. The molecule has 0 saturated heterocycles. The van der Waals surface area contributed by atoms with Crippen LogP contribution >= 0.6 is 0 Å². The number of hydrogen-bond acceptors (Lipinski definition) is 2. The predicted molar refractivity (Wildman–Crippen MR) is 96.8 cm³/mol. The molecule has 0 spiro atoms. The van der Waals surface area contributed by atoms with E-state index in [1.165, 1.54) is 63.4 Å². The Morgan fingerprint density at radius 2 is 1.36 bits per heavy atom. The van der Waals surface area contributed by atoms with E-state index >= 15 is 0 Å². The number of nitrogens with one attached hydrogen (secondary N) is 1. The lowest BCUT2D eigenvalue weighted by molar-refractivity contribution is 0.414. The molecule has 2 nitrogen and oxygen atoms in total. The summed E-state index contributed by atoms with van der Waals surface area (Å²) in [6.07, 6.45) is 13.7. The molecule has 0 aliphatic heterocycles. The van der Waals surface area contributed by atoms with E-state index < -0.39 is 0 Å². The van der Waals surface area contributed by atoms with E-state index in [2.05, 4.69) is 24.4 Å². The number of hydrogen-bond donors (Lipinski definition) is 1. The first kappa shape index (κ1) is 19.0. The van der Waals surface area contributed by atoms with Crippen LogP contribution in [-0.2, 0) is 6.42 Å². The Morgan fingerprint density at radius 1 is 0.773 bits per heavy atom. The summed E-state index contributed by atoms with van der Waals surface area (Å²) in [6.45, 7) is 4.51. The van der Waals surface area contributed by atoms with Gasteiger partial charge in [0, 0.05) is 0 Å². The van der Waals surface area contributed by atoms with Gasteiger partial charge in [0.1, 0.15) is 5.75 Å². The quantitative estimate of drug-likeness (QED) is 0.467. The Kier molecular flexibility index (Phi) is 11.8. The van der Waals surface area contributed by atoms with Crippen LogP contribution in [0.2, 0.25) is 0 Å². The molecule has 1 aromatic carbocycles. The summed E-state index contributed by atoms with van der Waals surface area (Å²) in [5.41, 5.74) is 1.38. The highest BCUT2D eigenvalue weighted by atomic mass is 16.5. The minimum absolute atomic E-state index is 0.936. The lowest BCUT2D eigenvalue weighted by Gasteiger charge is -2.06. The Labute approximate surface area is 137 Å². The minimum atomic E-state index is 0.936. The minimum Gasteiger partial charge on any atom is -0.497 e. The summed E-state index contributed by atoms with van der Waals surface area (Å²) < 4.78 is 5.17. The van der Waals surface area contributed by atoms with Gasteiger partial charge in [-0.05, 0) is 43.6 Å². The molecule has 0 aliphatic carbocycles. The molecule has 0 unspecified atom stereocenters. The average molecular weight is 306 g/mol. The van der Waals surface area contributed by atoms with E-state index in [-0.39, 0.29) is 0 Å². The fourth-order valence-electron chi connectivity index (χ4n) is 2.71. The molecule has 126 valence electrons. The summed E-state index contributed by atoms with van der Waals surface area (Å²) in [4.78, 5) is 0. The van der Waals surface area contributed by atoms with Crippen LogP contribution in [0.4, 0.5) is 0 Å². The van der Waals surface area contributed by atoms with Crippen LogP contribution < -0.4 is 10.1 Å². The van der Waals surface area contributed by atoms with Crippen molar-refractivity contribution in [3.8, 4) is 5.75 Å². The molecule has 2 heteroatoms. The van der Waals surface area contributed by atoms with Crippen molar-refractivity contribution in [3.63, 3.8) is 0 Å². The maximum absolute atomic E-state index is 5.17. The Balaban J connectivity index is 1.85. The van der Waals surface area contributed by atoms with Gasteiger partial charge in [0.05, 0.1) is 7.11 Å². The first-order valence-corrected chi connectivity index (χ1v) is 9.20. The average Bonchev–Trinajstić information content (AvgIpc) is 2.56. The largest absolute Gasteiger partial charge is 0.497 e. The van der Waals surface area contributed by atoms with Gasteiger partial charge in [-0.15, -0.1) is 0 Å². The van der Waals surface area contributed by atoms with Gasteiger partial charge in [-0.1, -0.05) is 70.4 Å². The van der Waals surface area contributed by atoms with Gasteiger partial charge in [-0.2, -0.15) is 0 Å². The van der Waals surface area contributed by atoms with Crippen molar-refractivity contribution >= 4 is 0 Å². The second kappa shape index (κ2) is 13.6. The summed E-state index contributed by atoms with van der Waals surface area (Å²) in [7, 11) is 1.71. The van der Waals surface area contributed by atoms with Gasteiger partial charge >= 0.3 is 0 Å². The van der Waals surface area contributed by atoms with E-state index in [9.17, 15) is 0 Å². The Bertz CT molecular complexity index is 347. The third-order valence-corrected chi connectivity index (χ3v) is 4.21. The van der Waals surface area contributed by atoms with Crippen LogP contribution in [0.3, 0.4) is 0 Å². The molecule has 22 heavy (non-hydrogen) atoms. The maximum atomic E-state index is 5.17. The van der Waals surface area contributed by atoms with Crippen molar-refractivity contribution in [2.45, 2.75) is 71.1 Å².